The predicted molar refractivity (Wildman–Crippen MR) is 86.9 cm³/mol. The molecule has 0 spiro atoms. The van der Waals surface area contributed by atoms with Gasteiger partial charge >= 0.3 is 5.97 Å². The molecule has 0 aliphatic heterocycles. The highest BCUT2D eigenvalue weighted by Crippen LogP contribution is 2.29. The summed E-state index contributed by atoms with van der Waals surface area (Å²) in [6, 6.07) is 14.5. The summed E-state index contributed by atoms with van der Waals surface area (Å²) in [7, 11) is 1.30. The Hall–Kier alpha value is -1.85. The van der Waals surface area contributed by atoms with Crippen molar-refractivity contribution in [2.75, 3.05) is 7.11 Å². The van der Waals surface area contributed by atoms with Gasteiger partial charge in [-0.15, -0.1) is 0 Å². The van der Waals surface area contributed by atoms with Crippen LogP contribution in [0.25, 0.3) is 0 Å². The van der Waals surface area contributed by atoms with Crippen molar-refractivity contribution in [1.29, 1.82) is 0 Å². The normalized spacial score (nSPS) is 13.3. The van der Waals surface area contributed by atoms with E-state index >= 15 is 0 Å². The van der Waals surface area contributed by atoms with Crippen LogP contribution in [-0.2, 0) is 15.1 Å². The lowest BCUT2D eigenvalue weighted by Gasteiger charge is -2.22. The van der Waals surface area contributed by atoms with E-state index in [-0.39, 0.29) is 6.42 Å². The fourth-order valence-corrected chi connectivity index (χ4v) is 2.38. The van der Waals surface area contributed by atoms with Gasteiger partial charge in [0.05, 0.1) is 19.1 Å². The Balaban J connectivity index is 2.11. The summed E-state index contributed by atoms with van der Waals surface area (Å²) < 4.78 is 11.3. The molecule has 2 aromatic rings. The van der Waals surface area contributed by atoms with E-state index in [9.17, 15) is 9.90 Å². The molecular weight excluding hydrogens is 348 g/mol. The van der Waals surface area contributed by atoms with Crippen LogP contribution in [0, 0.1) is 0 Å². The van der Waals surface area contributed by atoms with Gasteiger partial charge in [0.25, 0.3) is 0 Å². The number of methoxy groups -OCH3 is 1. The lowest BCUT2D eigenvalue weighted by atomic mass is 9.92. The molecule has 0 fully saturated rings. The summed E-state index contributed by atoms with van der Waals surface area (Å²) in [5.74, 6) is 0.902. The number of benzene rings is 2. The lowest BCUT2D eigenvalue weighted by Crippen LogP contribution is -2.25. The van der Waals surface area contributed by atoms with Gasteiger partial charge in [-0.05, 0) is 42.8 Å². The Morgan fingerprint density at radius 2 is 1.86 bits per heavy atom. The maximum Gasteiger partial charge on any atom is 0.308 e. The number of carbonyl (C=O) groups excluding carboxylic acids is 1. The van der Waals surface area contributed by atoms with Crippen LogP contribution in [0.1, 0.15) is 18.9 Å². The van der Waals surface area contributed by atoms with Crippen LogP contribution in [0.3, 0.4) is 0 Å². The van der Waals surface area contributed by atoms with Crippen molar-refractivity contribution in [3.63, 3.8) is 0 Å². The first-order valence-electron chi connectivity index (χ1n) is 6.74. The van der Waals surface area contributed by atoms with E-state index in [1.165, 1.54) is 7.11 Å². The zero-order valence-electron chi connectivity index (χ0n) is 12.4. The summed E-state index contributed by atoms with van der Waals surface area (Å²) in [6.45, 7) is 1.58. The number of esters is 1. The Bertz CT molecular complexity index is 650. The number of halogens is 1. The van der Waals surface area contributed by atoms with E-state index in [0.717, 1.165) is 4.47 Å². The molecule has 0 aliphatic rings. The molecule has 0 bridgehead atoms. The highest BCUT2D eigenvalue weighted by atomic mass is 79.9. The molecule has 0 heterocycles. The van der Waals surface area contributed by atoms with Crippen LogP contribution in [0.2, 0.25) is 0 Å². The molecule has 0 radical (unpaired) electrons. The summed E-state index contributed by atoms with van der Waals surface area (Å²) in [6.07, 6.45) is -0.102. The van der Waals surface area contributed by atoms with Crippen LogP contribution in [-0.4, -0.2) is 18.2 Å². The van der Waals surface area contributed by atoms with Crippen LogP contribution in [0.4, 0.5) is 0 Å². The molecule has 0 amide bonds. The van der Waals surface area contributed by atoms with Crippen LogP contribution >= 0.6 is 15.9 Å². The van der Waals surface area contributed by atoms with E-state index in [2.05, 4.69) is 20.7 Å². The number of hydrogen-bond donors (Lipinski definition) is 1. The van der Waals surface area contributed by atoms with Crippen molar-refractivity contribution in [2.45, 2.75) is 18.9 Å². The highest BCUT2D eigenvalue weighted by Gasteiger charge is 2.27. The van der Waals surface area contributed by atoms with Crippen molar-refractivity contribution in [1.82, 2.24) is 0 Å². The van der Waals surface area contributed by atoms with E-state index in [4.69, 9.17) is 4.74 Å². The molecule has 1 N–H and O–H groups in total. The minimum Gasteiger partial charge on any atom is -0.469 e. The third-order valence-electron chi connectivity index (χ3n) is 3.22. The number of rotatable bonds is 5. The first-order valence-corrected chi connectivity index (χ1v) is 7.53. The largest absolute Gasteiger partial charge is 0.469 e. The number of aliphatic hydroxyl groups is 1. The summed E-state index contributed by atoms with van der Waals surface area (Å²) >= 11 is 3.39. The zero-order chi connectivity index (χ0) is 16.2. The first-order chi connectivity index (χ1) is 10.4. The molecule has 2 aromatic carbocycles. The third kappa shape index (κ3) is 4.32. The highest BCUT2D eigenvalue weighted by molar-refractivity contribution is 9.10. The van der Waals surface area contributed by atoms with Crippen LogP contribution in [0.15, 0.2) is 53.0 Å². The second-order valence-corrected chi connectivity index (χ2v) is 6.03. The Kier molecular flexibility index (Phi) is 5.21. The third-order valence-corrected chi connectivity index (χ3v) is 3.72. The number of hydrogen-bond acceptors (Lipinski definition) is 4. The maximum atomic E-state index is 11.3. The standard InChI is InChI=1S/C17H17BrO4/c1-17(20,11-16(19)21-2)12-6-8-14(9-7-12)22-15-5-3-4-13(18)10-15/h3-10,20H,11H2,1-2H3. The predicted octanol–water partition coefficient (Wildman–Crippen LogP) is 4.01. The Labute approximate surface area is 137 Å². The fraction of sp³-hybridized carbons (Fsp3) is 0.235. The van der Waals surface area contributed by atoms with E-state index in [0.29, 0.717) is 17.1 Å². The quantitative estimate of drug-likeness (QED) is 0.814. The Morgan fingerprint density at radius 1 is 1.18 bits per heavy atom. The van der Waals surface area contributed by atoms with E-state index in [1.54, 1.807) is 31.2 Å². The Morgan fingerprint density at radius 3 is 2.45 bits per heavy atom. The molecule has 22 heavy (non-hydrogen) atoms. The summed E-state index contributed by atoms with van der Waals surface area (Å²) in [4.78, 5) is 11.3. The van der Waals surface area contributed by atoms with E-state index < -0.39 is 11.6 Å². The number of ether oxygens (including phenoxy) is 2. The van der Waals surface area contributed by atoms with Crippen LogP contribution < -0.4 is 4.74 Å². The van der Waals surface area contributed by atoms with E-state index in [1.807, 2.05) is 24.3 Å². The van der Waals surface area contributed by atoms with Gasteiger partial charge in [0, 0.05) is 4.47 Å². The van der Waals surface area contributed by atoms with Crippen molar-refractivity contribution < 1.29 is 19.4 Å². The average molecular weight is 365 g/mol. The molecule has 116 valence electrons. The topological polar surface area (TPSA) is 55.8 Å². The molecule has 0 aliphatic carbocycles. The molecule has 5 heteroatoms. The van der Waals surface area contributed by atoms with Gasteiger partial charge in [0.15, 0.2) is 0 Å². The second kappa shape index (κ2) is 6.94. The monoisotopic (exact) mass is 364 g/mol. The van der Waals surface area contributed by atoms with Crippen molar-refractivity contribution in [3.05, 3.63) is 58.6 Å². The SMILES string of the molecule is COC(=O)CC(C)(O)c1ccc(Oc2cccc(Br)c2)cc1. The minimum atomic E-state index is -1.28. The summed E-state index contributed by atoms with van der Waals surface area (Å²) in [5.41, 5.74) is -0.652. The van der Waals surface area contributed by atoms with Gasteiger partial charge in [-0.1, -0.05) is 34.1 Å². The average Bonchev–Trinajstić information content (AvgIpc) is 2.47. The lowest BCUT2D eigenvalue weighted by molar-refractivity contribution is -0.145. The minimum absolute atomic E-state index is 0.102. The van der Waals surface area contributed by atoms with Crippen molar-refractivity contribution in [3.8, 4) is 11.5 Å². The van der Waals surface area contributed by atoms with Crippen LogP contribution in [0.5, 0.6) is 11.5 Å². The molecule has 2 rings (SSSR count). The molecule has 1 unspecified atom stereocenters. The van der Waals surface area contributed by atoms with Gasteiger partial charge < -0.3 is 14.6 Å². The first kappa shape index (κ1) is 16.5. The molecule has 0 saturated heterocycles. The molecule has 0 aromatic heterocycles. The molecule has 0 saturated carbocycles. The maximum absolute atomic E-state index is 11.3. The van der Waals surface area contributed by atoms with Crippen molar-refractivity contribution in [2.24, 2.45) is 0 Å². The van der Waals surface area contributed by atoms with Gasteiger partial charge in [-0.3, -0.25) is 4.79 Å². The fourth-order valence-electron chi connectivity index (χ4n) is 2.00. The number of carbonyl (C=O) groups is 1. The van der Waals surface area contributed by atoms with Gasteiger partial charge in [-0.25, -0.2) is 0 Å². The smallest absolute Gasteiger partial charge is 0.308 e. The zero-order valence-corrected chi connectivity index (χ0v) is 14.0. The van der Waals surface area contributed by atoms with Gasteiger partial charge in [-0.2, -0.15) is 0 Å². The molecule has 1 atom stereocenters. The summed E-state index contributed by atoms with van der Waals surface area (Å²) in [5, 5.41) is 10.4. The molecular formula is C17H17BrO4. The van der Waals surface area contributed by atoms with Gasteiger partial charge in [0.1, 0.15) is 11.5 Å². The van der Waals surface area contributed by atoms with Gasteiger partial charge in [0.2, 0.25) is 0 Å². The molecule has 4 nitrogen and oxygen atoms in total. The second-order valence-electron chi connectivity index (χ2n) is 5.11. The van der Waals surface area contributed by atoms with Crippen molar-refractivity contribution >= 4 is 21.9 Å².